The van der Waals surface area contributed by atoms with Crippen LogP contribution in [0.15, 0.2) is 47.2 Å². The Morgan fingerprint density at radius 3 is 2.26 bits per heavy atom. The van der Waals surface area contributed by atoms with E-state index in [9.17, 15) is 34.8 Å². The third kappa shape index (κ3) is 4.10. The number of nitrogens with two attached hydrogens (primary N) is 1. The Kier molecular flexibility index (Phi) is 6.68. The molecule has 4 atom stereocenters. The summed E-state index contributed by atoms with van der Waals surface area (Å²) in [7, 11) is 6.88. The molecule has 0 radical (unpaired) electrons. The molecule has 11 heteroatoms. The molecule has 0 bridgehead atoms. The van der Waals surface area contributed by atoms with Crippen molar-refractivity contribution in [2.75, 3.05) is 33.1 Å². The van der Waals surface area contributed by atoms with E-state index in [4.69, 9.17) is 5.73 Å². The molecule has 6 N–H and O–H groups in total. The average Bonchev–Trinajstić information content (AvgIpc) is 3.34. The van der Waals surface area contributed by atoms with Gasteiger partial charge in [-0.2, -0.15) is 0 Å². The summed E-state index contributed by atoms with van der Waals surface area (Å²) in [4.78, 5) is 45.2. The number of benzene rings is 2. The molecular formula is C32H36N4O7. The van der Waals surface area contributed by atoms with Crippen LogP contribution in [0.4, 0.5) is 5.69 Å². The number of carbonyl (C=O) groups excluding carboxylic acids is 3. The van der Waals surface area contributed by atoms with Crippen LogP contribution in [0.25, 0.3) is 5.76 Å². The van der Waals surface area contributed by atoms with E-state index in [1.165, 1.54) is 16.0 Å². The zero-order valence-electron chi connectivity index (χ0n) is 24.6. The number of ketones is 2. The van der Waals surface area contributed by atoms with E-state index >= 15 is 0 Å². The molecule has 4 unspecified atom stereocenters. The van der Waals surface area contributed by atoms with Gasteiger partial charge in [0.1, 0.15) is 22.8 Å². The van der Waals surface area contributed by atoms with Crippen LogP contribution in [-0.4, -0.2) is 87.5 Å². The van der Waals surface area contributed by atoms with E-state index in [0.29, 0.717) is 30.8 Å². The highest BCUT2D eigenvalue weighted by atomic mass is 16.3. The van der Waals surface area contributed by atoms with Crippen molar-refractivity contribution in [1.29, 1.82) is 0 Å². The molecule has 1 saturated carbocycles. The lowest BCUT2D eigenvalue weighted by molar-refractivity contribution is -0.153. The quantitative estimate of drug-likeness (QED) is 0.323. The minimum atomic E-state index is -2.66. The Bertz CT molecular complexity index is 1630. The number of aliphatic hydroxyl groups is 3. The number of hydrogen-bond donors (Lipinski definition) is 5. The highest BCUT2D eigenvalue weighted by molar-refractivity contribution is 6.24. The molecule has 4 aliphatic rings. The van der Waals surface area contributed by atoms with E-state index in [1.54, 1.807) is 14.1 Å². The van der Waals surface area contributed by atoms with Gasteiger partial charge in [-0.3, -0.25) is 24.2 Å². The van der Waals surface area contributed by atoms with Crippen LogP contribution in [0.3, 0.4) is 0 Å². The summed E-state index contributed by atoms with van der Waals surface area (Å²) in [5.74, 6) is -6.52. The maximum Gasteiger partial charge on any atom is 0.255 e. The van der Waals surface area contributed by atoms with E-state index < -0.39 is 58.0 Å². The van der Waals surface area contributed by atoms with Crippen LogP contribution in [0.2, 0.25) is 0 Å². The van der Waals surface area contributed by atoms with E-state index in [2.05, 4.69) is 17.0 Å². The molecule has 226 valence electrons. The van der Waals surface area contributed by atoms with Crippen molar-refractivity contribution in [3.05, 3.63) is 75.1 Å². The normalized spacial score (nSPS) is 26.8. The van der Waals surface area contributed by atoms with Crippen LogP contribution in [0, 0.1) is 11.8 Å². The molecule has 1 heterocycles. The Morgan fingerprint density at radius 1 is 1.07 bits per heavy atom. The number of carbonyl (C=O) groups is 3. The molecule has 43 heavy (non-hydrogen) atoms. The molecule has 11 nitrogen and oxygen atoms in total. The molecule has 1 fully saturated rings. The number of fused-ring (bicyclic) bond motifs is 4. The molecule has 6 rings (SSSR count). The largest absolute Gasteiger partial charge is 0.508 e. The van der Waals surface area contributed by atoms with Gasteiger partial charge in [-0.05, 0) is 55.6 Å². The van der Waals surface area contributed by atoms with E-state index in [1.807, 2.05) is 37.2 Å². The molecule has 0 saturated heterocycles. The van der Waals surface area contributed by atoms with E-state index in [0.717, 1.165) is 5.69 Å². The van der Waals surface area contributed by atoms with Crippen molar-refractivity contribution in [1.82, 2.24) is 9.80 Å². The summed E-state index contributed by atoms with van der Waals surface area (Å²) in [5, 5.41) is 46.2. The number of nitrogens with zero attached hydrogens (tertiary/aromatic N) is 3. The number of rotatable bonds is 5. The Labute approximate surface area is 249 Å². The van der Waals surface area contributed by atoms with Gasteiger partial charge in [-0.25, -0.2) is 0 Å². The lowest BCUT2D eigenvalue weighted by Gasteiger charge is -2.50. The van der Waals surface area contributed by atoms with Crippen LogP contribution in [0.1, 0.15) is 34.2 Å². The Balaban J connectivity index is 1.48. The summed E-state index contributed by atoms with van der Waals surface area (Å²) in [6.45, 7) is 1.79. The predicted octanol–water partition coefficient (Wildman–Crippen LogP) is 1.55. The lowest BCUT2D eigenvalue weighted by atomic mass is 9.57. The molecule has 2 aromatic carbocycles. The first-order valence-electron chi connectivity index (χ1n) is 14.3. The van der Waals surface area contributed by atoms with Crippen LogP contribution in [-0.2, 0) is 40.4 Å². The van der Waals surface area contributed by atoms with Gasteiger partial charge in [0.05, 0.1) is 11.6 Å². The fourth-order valence-corrected chi connectivity index (χ4v) is 7.62. The number of phenols is 1. The number of Topliss-reactive ketones (excluding diaryl/α,β-unsaturated/α-hetero) is 2. The first-order chi connectivity index (χ1) is 20.3. The molecule has 1 amide bonds. The first kappa shape index (κ1) is 28.9. The second-order valence-electron chi connectivity index (χ2n) is 12.5. The van der Waals surface area contributed by atoms with Gasteiger partial charge in [-0.1, -0.05) is 24.3 Å². The van der Waals surface area contributed by atoms with Crippen molar-refractivity contribution in [2.24, 2.45) is 17.6 Å². The van der Waals surface area contributed by atoms with Gasteiger partial charge in [0, 0.05) is 56.5 Å². The number of likely N-dealkylation sites (N-methyl/N-ethyl adjacent to an activating group) is 1. The third-order valence-corrected chi connectivity index (χ3v) is 9.56. The monoisotopic (exact) mass is 588 g/mol. The highest BCUT2D eigenvalue weighted by Gasteiger charge is 2.64. The maximum atomic E-state index is 14.2. The van der Waals surface area contributed by atoms with Crippen molar-refractivity contribution >= 4 is 28.9 Å². The molecule has 0 aromatic heterocycles. The number of aromatic hydroxyl groups is 1. The smallest absolute Gasteiger partial charge is 0.255 e. The van der Waals surface area contributed by atoms with Gasteiger partial charge >= 0.3 is 0 Å². The highest BCUT2D eigenvalue weighted by Crippen LogP contribution is 2.54. The number of amides is 1. The van der Waals surface area contributed by atoms with Gasteiger partial charge in [0.25, 0.3) is 5.91 Å². The summed E-state index contributed by atoms with van der Waals surface area (Å²) in [6.07, 6.45) is 0.290. The topological polar surface area (TPSA) is 168 Å². The summed E-state index contributed by atoms with van der Waals surface area (Å²) < 4.78 is 0. The van der Waals surface area contributed by atoms with Crippen LogP contribution >= 0.6 is 0 Å². The van der Waals surface area contributed by atoms with Gasteiger partial charge in [0.15, 0.2) is 11.4 Å². The minimum absolute atomic E-state index is 0.0488. The second-order valence-corrected chi connectivity index (χ2v) is 12.5. The van der Waals surface area contributed by atoms with Crippen molar-refractivity contribution in [3.8, 4) is 5.75 Å². The summed E-state index contributed by atoms with van der Waals surface area (Å²) >= 11 is 0. The predicted molar refractivity (Wildman–Crippen MR) is 158 cm³/mol. The molecule has 1 aliphatic heterocycles. The van der Waals surface area contributed by atoms with Gasteiger partial charge in [-0.15, -0.1) is 0 Å². The first-order valence-corrected chi connectivity index (χ1v) is 14.3. The maximum absolute atomic E-state index is 14.2. The van der Waals surface area contributed by atoms with Gasteiger partial charge < -0.3 is 31.1 Å². The minimum Gasteiger partial charge on any atom is -0.508 e. The average molecular weight is 589 g/mol. The van der Waals surface area contributed by atoms with Crippen molar-refractivity contribution < 1.29 is 34.8 Å². The number of primary amides is 1. The van der Waals surface area contributed by atoms with E-state index in [-0.39, 0.29) is 29.7 Å². The lowest BCUT2D eigenvalue weighted by Crippen LogP contribution is -2.65. The standard InChI is InChI=1S/C32H36N4O7/c1-34(2)21-11-18(14-36-12-15-7-5-6-8-16(15)13-36)26(37)23-19(21)9-17-10-20-25(35(3)4)28(39)24(31(33)42)30(41)32(20,43)29(40)22(17)27(23)38/h5-8,11,17,20,25,37-38,41,43H,9-10,12-14H2,1-4H3,(H2,33,42). The number of aliphatic hydroxyl groups excluding tert-OH is 2. The SMILES string of the molecule is CN(C)c1cc(CN2Cc3ccccc3C2)c(O)c2c1CC1CC3C(N(C)C)C(=O)C(C(N)=O)=C(O)C3(O)C(=O)C1=C2O. The molecule has 2 aromatic rings. The van der Waals surface area contributed by atoms with Crippen molar-refractivity contribution in [2.45, 2.75) is 44.1 Å². The number of hydrogen-bond acceptors (Lipinski definition) is 10. The zero-order chi connectivity index (χ0) is 31.1. The fourth-order valence-electron chi connectivity index (χ4n) is 7.62. The Hall–Kier alpha value is -4.19. The third-order valence-electron chi connectivity index (χ3n) is 9.56. The van der Waals surface area contributed by atoms with Gasteiger partial charge in [0.2, 0.25) is 5.78 Å². The van der Waals surface area contributed by atoms with Crippen LogP contribution in [0.5, 0.6) is 5.75 Å². The van der Waals surface area contributed by atoms with Crippen LogP contribution < -0.4 is 10.6 Å². The zero-order valence-corrected chi connectivity index (χ0v) is 24.6. The summed E-state index contributed by atoms with van der Waals surface area (Å²) in [5.41, 5.74) is 6.27. The molecule has 0 spiro atoms. The number of phenolic OH excluding ortho intramolecular Hbond substituents is 1. The second kappa shape index (κ2) is 9.94. The van der Waals surface area contributed by atoms with Crippen molar-refractivity contribution in [3.63, 3.8) is 0 Å². The number of anilines is 1. The fraction of sp³-hybridized carbons (Fsp3) is 0.406. The molecule has 3 aliphatic carbocycles. The molecular weight excluding hydrogens is 552 g/mol. The summed E-state index contributed by atoms with van der Waals surface area (Å²) in [6, 6.07) is 8.91. The Morgan fingerprint density at radius 2 is 1.70 bits per heavy atom.